The average molecular weight is 743 g/mol. The molecule has 0 radical (unpaired) electrons. The first-order valence-electron chi connectivity index (χ1n) is 14.4. The molecule has 5 atom stereocenters. The largest absolute Gasteiger partial charge is 0.480 e. The van der Waals surface area contributed by atoms with Crippen LogP contribution < -0.4 is 11.1 Å². The van der Waals surface area contributed by atoms with Crippen molar-refractivity contribution >= 4 is 54.9 Å². The molecule has 3 heterocycles. The van der Waals surface area contributed by atoms with Gasteiger partial charge in [0.1, 0.15) is 36.2 Å². The molecule has 17 nitrogen and oxygen atoms in total. The molecule has 0 saturated carbocycles. The van der Waals surface area contributed by atoms with E-state index >= 15 is 0 Å². The van der Waals surface area contributed by atoms with E-state index in [0.717, 1.165) is 11.1 Å². The number of aromatic nitrogens is 4. The van der Waals surface area contributed by atoms with E-state index in [1.165, 1.54) is 41.5 Å². The molecular formula is C29H38N6O11S3. The fraction of sp³-hybridized carbons (Fsp3) is 0.379. The monoisotopic (exact) mass is 742 g/mol. The summed E-state index contributed by atoms with van der Waals surface area (Å²) in [4.78, 5) is 23.3. The summed E-state index contributed by atoms with van der Waals surface area (Å²) < 4.78 is 66.4. The molecule has 2 aromatic heterocycles. The van der Waals surface area contributed by atoms with E-state index in [1.54, 1.807) is 36.0 Å². The molecule has 1 aliphatic rings. The van der Waals surface area contributed by atoms with Crippen LogP contribution in [0.1, 0.15) is 23.8 Å². The number of aliphatic carboxylic acids is 1. The third-order valence-corrected chi connectivity index (χ3v) is 9.49. The SMILES string of the molecule is CSCCC(NC[C@H]1O[C@@H](n2cnc3c(N)ncnc32)[C@H](O)[C@@H]1O)C(=O)O.Cc1ccc(S(=O)(=O)O)cc1.Cc1ccc(S(=O)(=O)O)cc1. The zero-order chi connectivity index (χ0) is 36.5. The molecule has 0 spiro atoms. The Morgan fingerprint density at radius 2 is 1.47 bits per heavy atom. The van der Waals surface area contributed by atoms with E-state index < -0.39 is 56.8 Å². The van der Waals surface area contributed by atoms with Gasteiger partial charge in [0.2, 0.25) is 0 Å². The number of nitrogens with one attached hydrogen (secondary N) is 1. The Morgan fingerprint density at radius 1 is 0.939 bits per heavy atom. The molecule has 0 amide bonds. The smallest absolute Gasteiger partial charge is 0.320 e. The zero-order valence-electron chi connectivity index (χ0n) is 26.6. The van der Waals surface area contributed by atoms with Gasteiger partial charge in [-0.2, -0.15) is 28.6 Å². The fourth-order valence-corrected chi connectivity index (χ4v) is 5.84. The second kappa shape index (κ2) is 17.3. The molecule has 5 rings (SSSR count). The number of ether oxygens (including phenoxy) is 1. The van der Waals surface area contributed by atoms with E-state index in [4.69, 9.17) is 19.6 Å². The Labute approximate surface area is 287 Å². The van der Waals surface area contributed by atoms with Gasteiger partial charge in [0, 0.05) is 6.54 Å². The third-order valence-electron chi connectivity index (χ3n) is 7.11. The number of carboxylic acid groups (broad SMARTS) is 1. The van der Waals surface area contributed by atoms with Gasteiger partial charge in [0.25, 0.3) is 20.2 Å². The minimum atomic E-state index is -4.02. The number of benzene rings is 2. The van der Waals surface area contributed by atoms with Crippen LogP contribution in [0.4, 0.5) is 5.82 Å². The molecule has 268 valence electrons. The molecule has 2 aromatic carbocycles. The Hall–Kier alpha value is -3.73. The molecule has 49 heavy (non-hydrogen) atoms. The maximum Gasteiger partial charge on any atom is 0.320 e. The Kier molecular flexibility index (Phi) is 14.0. The molecule has 1 fully saturated rings. The summed E-state index contributed by atoms with van der Waals surface area (Å²) in [7, 11) is -8.04. The van der Waals surface area contributed by atoms with Crippen LogP contribution in [0.3, 0.4) is 0 Å². The van der Waals surface area contributed by atoms with Gasteiger partial charge in [-0.25, -0.2) is 15.0 Å². The van der Waals surface area contributed by atoms with Crippen LogP contribution in [0, 0.1) is 13.8 Å². The third kappa shape index (κ3) is 11.1. The number of aliphatic hydroxyl groups excluding tert-OH is 2. The van der Waals surface area contributed by atoms with Crippen molar-refractivity contribution in [3.8, 4) is 0 Å². The van der Waals surface area contributed by atoms with Crippen LogP contribution in [0.5, 0.6) is 0 Å². The lowest BCUT2D eigenvalue weighted by molar-refractivity contribution is -0.139. The van der Waals surface area contributed by atoms with E-state index in [2.05, 4.69) is 20.3 Å². The molecular weight excluding hydrogens is 705 g/mol. The maximum absolute atomic E-state index is 11.3. The highest BCUT2D eigenvalue weighted by molar-refractivity contribution is 7.98. The Morgan fingerprint density at radius 3 is 1.94 bits per heavy atom. The van der Waals surface area contributed by atoms with Gasteiger partial charge >= 0.3 is 5.97 Å². The van der Waals surface area contributed by atoms with Crippen molar-refractivity contribution in [3.63, 3.8) is 0 Å². The molecule has 1 aliphatic heterocycles. The maximum atomic E-state index is 11.3. The second-order valence-corrected chi connectivity index (χ2v) is 14.6. The number of imidazole rings is 1. The van der Waals surface area contributed by atoms with Crippen molar-refractivity contribution in [3.05, 3.63) is 72.3 Å². The van der Waals surface area contributed by atoms with Crippen LogP contribution >= 0.6 is 11.8 Å². The molecule has 0 aliphatic carbocycles. The topological polar surface area (TPSA) is 277 Å². The first-order chi connectivity index (χ1) is 22.9. The first kappa shape index (κ1) is 39.7. The number of nitrogen functional groups attached to an aromatic ring is 1. The Bertz CT molecular complexity index is 1830. The summed E-state index contributed by atoms with van der Waals surface area (Å²) in [6.45, 7) is 3.76. The lowest BCUT2D eigenvalue weighted by Gasteiger charge is -2.19. The standard InChI is InChI=1S/C15H22N6O5S.2C7H8O3S/c1-27-3-2-7(15(24)25)17-4-8-10(22)11(23)14(26-8)21-6-20-9-12(16)18-5-19-13(9)21;2*1-6-2-4-7(5-3-6)11(8,9)10/h5-8,10-11,14,17,22-23H,2-4H2,1H3,(H,24,25)(H2,16,18,19);2*2-5H,1H3,(H,8,9,10)/t7?,8-,10-,11-,14-;;/m1../s1. The lowest BCUT2D eigenvalue weighted by atomic mass is 10.1. The number of hydrogen-bond donors (Lipinski definition) is 7. The van der Waals surface area contributed by atoms with Gasteiger partial charge in [-0.3, -0.25) is 18.5 Å². The number of aryl methyl sites for hydroxylation is 2. The average Bonchev–Trinajstić information content (AvgIpc) is 3.58. The van der Waals surface area contributed by atoms with Crippen molar-refractivity contribution in [2.75, 3.05) is 24.3 Å². The number of thioether (sulfide) groups is 1. The van der Waals surface area contributed by atoms with Crippen LogP contribution in [-0.4, -0.2) is 110 Å². The zero-order valence-corrected chi connectivity index (χ0v) is 29.0. The molecule has 1 saturated heterocycles. The number of anilines is 1. The van der Waals surface area contributed by atoms with E-state index in [1.807, 2.05) is 20.1 Å². The summed E-state index contributed by atoms with van der Waals surface area (Å²) in [6, 6.07) is 11.2. The van der Waals surface area contributed by atoms with Gasteiger partial charge < -0.3 is 31.1 Å². The van der Waals surface area contributed by atoms with E-state index in [0.29, 0.717) is 23.3 Å². The van der Waals surface area contributed by atoms with Crippen molar-refractivity contribution in [2.45, 2.75) is 60.6 Å². The quantitative estimate of drug-likeness (QED) is 0.113. The van der Waals surface area contributed by atoms with Crippen LogP contribution in [0.25, 0.3) is 11.2 Å². The number of carboxylic acids is 1. The number of nitrogens with zero attached hydrogens (tertiary/aromatic N) is 4. The number of fused-ring (bicyclic) bond motifs is 1. The minimum absolute atomic E-state index is 0.0666. The number of carbonyl (C=O) groups is 1. The summed E-state index contributed by atoms with van der Waals surface area (Å²) in [5.41, 5.74) is 8.41. The highest BCUT2D eigenvalue weighted by Gasteiger charge is 2.44. The van der Waals surface area contributed by atoms with Crippen molar-refractivity contribution in [2.24, 2.45) is 0 Å². The molecule has 0 bridgehead atoms. The predicted octanol–water partition coefficient (Wildman–Crippen LogP) is 1.31. The van der Waals surface area contributed by atoms with Crippen LogP contribution in [0.2, 0.25) is 0 Å². The highest BCUT2D eigenvalue weighted by atomic mass is 32.2. The molecule has 20 heteroatoms. The van der Waals surface area contributed by atoms with Crippen molar-refractivity contribution < 1.29 is 50.8 Å². The number of rotatable bonds is 10. The number of aliphatic hydroxyl groups is 2. The molecule has 4 aromatic rings. The Balaban J connectivity index is 0.000000242. The molecule has 8 N–H and O–H groups in total. The first-order valence-corrected chi connectivity index (χ1v) is 18.7. The summed E-state index contributed by atoms with van der Waals surface area (Å²) in [6.07, 6.45) is 0.858. The lowest BCUT2D eigenvalue weighted by Crippen LogP contribution is -2.44. The van der Waals surface area contributed by atoms with E-state index in [9.17, 15) is 36.9 Å². The van der Waals surface area contributed by atoms with Gasteiger partial charge in [0.15, 0.2) is 17.7 Å². The van der Waals surface area contributed by atoms with Gasteiger partial charge in [-0.15, -0.1) is 0 Å². The minimum Gasteiger partial charge on any atom is -0.480 e. The summed E-state index contributed by atoms with van der Waals surface area (Å²) in [5.74, 6) is -0.0876. The van der Waals surface area contributed by atoms with Crippen molar-refractivity contribution in [1.29, 1.82) is 0 Å². The normalized spacial score (nSPS) is 19.7. The van der Waals surface area contributed by atoms with Gasteiger partial charge in [-0.05, 0) is 56.5 Å². The van der Waals surface area contributed by atoms with Gasteiger partial charge in [0.05, 0.1) is 16.1 Å². The number of hydrogen-bond acceptors (Lipinski definition) is 14. The second-order valence-electron chi connectivity index (χ2n) is 10.8. The summed E-state index contributed by atoms with van der Waals surface area (Å²) in [5, 5.41) is 32.9. The predicted molar refractivity (Wildman–Crippen MR) is 180 cm³/mol. The molecule has 1 unspecified atom stereocenters. The van der Waals surface area contributed by atoms with Crippen LogP contribution in [-0.2, 0) is 29.8 Å². The summed E-state index contributed by atoms with van der Waals surface area (Å²) >= 11 is 1.55. The van der Waals surface area contributed by atoms with Crippen molar-refractivity contribution in [1.82, 2.24) is 24.8 Å². The van der Waals surface area contributed by atoms with E-state index in [-0.39, 0.29) is 22.2 Å². The van der Waals surface area contributed by atoms with Crippen LogP contribution in [0.15, 0.2) is 71.0 Å². The fourth-order valence-electron chi connectivity index (χ4n) is 4.41. The van der Waals surface area contributed by atoms with Gasteiger partial charge in [-0.1, -0.05) is 35.4 Å². The highest BCUT2D eigenvalue weighted by Crippen LogP contribution is 2.31. The number of nitrogens with two attached hydrogens (primary N) is 1.